The van der Waals surface area contributed by atoms with Gasteiger partial charge in [0.2, 0.25) is 0 Å². The summed E-state index contributed by atoms with van der Waals surface area (Å²) >= 11 is 0. The van der Waals surface area contributed by atoms with Gasteiger partial charge in [-0.15, -0.1) is 0 Å². The molecule has 0 atom stereocenters. The number of rotatable bonds is 9. The zero-order valence-electron chi connectivity index (χ0n) is 18.5. The van der Waals surface area contributed by atoms with Gasteiger partial charge in [-0.3, -0.25) is 0 Å². The summed E-state index contributed by atoms with van der Waals surface area (Å²) < 4.78 is 33.1. The van der Waals surface area contributed by atoms with E-state index in [4.69, 9.17) is 4.74 Å². The van der Waals surface area contributed by atoms with E-state index in [0.29, 0.717) is 0 Å². The highest BCUT2D eigenvalue weighted by molar-refractivity contribution is 5.26. The molecule has 0 amide bonds. The van der Waals surface area contributed by atoms with Gasteiger partial charge in [0, 0.05) is 12.7 Å². The number of aryl methyl sites for hydroxylation is 1. The van der Waals surface area contributed by atoms with E-state index in [0.717, 1.165) is 42.1 Å². The molecular formula is C26H40F2O. The molecule has 0 spiro atoms. The Balaban J connectivity index is 1.39. The zero-order chi connectivity index (χ0) is 20.6. The predicted octanol–water partition coefficient (Wildman–Crippen LogP) is 7.85. The van der Waals surface area contributed by atoms with Crippen molar-refractivity contribution in [1.82, 2.24) is 0 Å². The third-order valence-corrected chi connectivity index (χ3v) is 7.75. The summed E-state index contributed by atoms with van der Waals surface area (Å²) in [5, 5.41) is 0. The number of unbranched alkanes of at least 4 members (excludes halogenated alkanes) is 1. The van der Waals surface area contributed by atoms with Crippen LogP contribution in [0.15, 0.2) is 12.1 Å². The largest absolute Gasteiger partial charge is 0.380 e. The number of benzene rings is 1. The minimum absolute atomic E-state index is 0.0114. The molecule has 0 bridgehead atoms. The second-order valence-electron chi connectivity index (χ2n) is 9.71. The fourth-order valence-corrected chi connectivity index (χ4v) is 5.84. The zero-order valence-corrected chi connectivity index (χ0v) is 18.5. The van der Waals surface area contributed by atoms with Crippen LogP contribution in [0, 0.1) is 35.3 Å². The Morgan fingerprint density at radius 1 is 0.828 bits per heavy atom. The Bertz CT molecular complexity index is 590. The second-order valence-corrected chi connectivity index (χ2v) is 9.71. The number of halogens is 2. The van der Waals surface area contributed by atoms with Gasteiger partial charge in [-0.1, -0.05) is 51.9 Å². The molecule has 2 fully saturated rings. The van der Waals surface area contributed by atoms with Crippen molar-refractivity contribution in [3.63, 3.8) is 0 Å². The van der Waals surface area contributed by atoms with Crippen LogP contribution < -0.4 is 0 Å². The average molecular weight is 407 g/mol. The lowest BCUT2D eigenvalue weighted by molar-refractivity contribution is 0.140. The predicted molar refractivity (Wildman–Crippen MR) is 116 cm³/mol. The number of methoxy groups -OCH3 is 1. The summed E-state index contributed by atoms with van der Waals surface area (Å²) in [7, 11) is 1.46. The van der Waals surface area contributed by atoms with Crippen molar-refractivity contribution < 1.29 is 13.5 Å². The summed E-state index contributed by atoms with van der Waals surface area (Å²) in [6.07, 6.45) is 17.2. The van der Waals surface area contributed by atoms with Crippen molar-refractivity contribution in [1.29, 1.82) is 0 Å². The van der Waals surface area contributed by atoms with E-state index < -0.39 is 11.6 Å². The summed E-state index contributed by atoms with van der Waals surface area (Å²) in [4.78, 5) is 0. The highest BCUT2D eigenvalue weighted by Crippen LogP contribution is 2.43. The Hall–Kier alpha value is -0.960. The first-order valence-corrected chi connectivity index (χ1v) is 12.1. The number of hydrogen-bond acceptors (Lipinski definition) is 1. The van der Waals surface area contributed by atoms with Crippen LogP contribution in [-0.4, -0.2) is 7.11 Å². The molecule has 1 aromatic carbocycles. The Labute approximate surface area is 176 Å². The molecule has 2 aliphatic carbocycles. The molecule has 1 nitrogen and oxygen atoms in total. The fraction of sp³-hybridized carbons (Fsp3) is 0.769. The molecule has 2 saturated carbocycles. The van der Waals surface area contributed by atoms with Crippen molar-refractivity contribution in [2.45, 2.75) is 97.0 Å². The average Bonchev–Trinajstić information content (AvgIpc) is 2.74. The molecule has 164 valence electrons. The van der Waals surface area contributed by atoms with Crippen LogP contribution in [0.3, 0.4) is 0 Å². The van der Waals surface area contributed by atoms with Crippen LogP contribution in [0.2, 0.25) is 0 Å². The maximum atomic E-state index is 14.1. The topological polar surface area (TPSA) is 9.23 Å². The quantitative estimate of drug-likeness (QED) is 0.406. The van der Waals surface area contributed by atoms with Gasteiger partial charge in [-0.05, 0) is 79.9 Å². The highest BCUT2D eigenvalue weighted by atomic mass is 19.1. The standard InChI is InChI=1S/C26H40F2O/c1-3-4-5-19-8-12-22(13-9-19)23-14-10-20(11-15-23)6-7-21-16-25(27)24(18-29-2)26(28)17-21/h16-17,19-20,22-23H,3-15,18H2,1-2H3. The number of ether oxygens (including phenoxy) is 1. The summed E-state index contributed by atoms with van der Waals surface area (Å²) in [6.45, 7) is 2.29. The smallest absolute Gasteiger partial charge is 0.131 e. The normalized spacial score (nSPS) is 27.9. The maximum Gasteiger partial charge on any atom is 0.131 e. The molecule has 3 rings (SSSR count). The van der Waals surface area contributed by atoms with Crippen molar-refractivity contribution in [2.24, 2.45) is 23.7 Å². The van der Waals surface area contributed by atoms with Crippen LogP contribution in [0.4, 0.5) is 8.78 Å². The van der Waals surface area contributed by atoms with E-state index in [9.17, 15) is 8.78 Å². The van der Waals surface area contributed by atoms with Crippen LogP contribution >= 0.6 is 0 Å². The molecular weight excluding hydrogens is 366 g/mol. The first kappa shape index (κ1) is 22.7. The van der Waals surface area contributed by atoms with E-state index in [1.54, 1.807) is 0 Å². The van der Waals surface area contributed by atoms with Crippen LogP contribution in [0.25, 0.3) is 0 Å². The summed E-state index contributed by atoms with van der Waals surface area (Å²) in [6, 6.07) is 3.00. The molecule has 0 aromatic heterocycles. The lowest BCUT2D eigenvalue weighted by Crippen LogP contribution is -2.26. The van der Waals surface area contributed by atoms with Gasteiger partial charge in [0.1, 0.15) is 11.6 Å². The molecule has 0 N–H and O–H groups in total. The Morgan fingerprint density at radius 3 is 1.83 bits per heavy atom. The van der Waals surface area contributed by atoms with E-state index in [-0.39, 0.29) is 12.2 Å². The van der Waals surface area contributed by atoms with Crippen LogP contribution in [0.5, 0.6) is 0 Å². The van der Waals surface area contributed by atoms with Crippen molar-refractivity contribution in [3.05, 3.63) is 34.9 Å². The fourth-order valence-electron chi connectivity index (χ4n) is 5.84. The van der Waals surface area contributed by atoms with Gasteiger partial charge in [-0.2, -0.15) is 0 Å². The monoisotopic (exact) mass is 406 g/mol. The molecule has 1 aromatic rings. The van der Waals surface area contributed by atoms with Crippen molar-refractivity contribution in [2.75, 3.05) is 7.11 Å². The van der Waals surface area contributed by atoms with E-state index >= 15 is 0 Å². The van der Waals surface area contributed by atoms with Gasteiger partial charge in [0.25, 0.3) is 0 Å². The van der Waals surface area contributed by atoms with Crippen molar-refractivity contribution >= 4 is 0 Å². The molecule has 0 unspecified atom stereocenters. The molecule has 29 heavy (non-hydrogen) atoms. The van der Waals surface area contributed by atoms with Gasteiger partial charge in [0.15, 0.2) is 0 Å². The van der Waals surface area contributed by atoms with Gasteiger partial charge in [-0.25, -0.2) is 8.78 Å². The molecule has 0 radical (unpaired) electrons. The van der Waals surface area contributed by atoms with E-state index in [1.165, 1.54) is 89.9 Å². The molecule has 0 heterocycles. The molecule has 0 saturated heterocycles. The minimum Gasteiger partial charge on any atom is -0.380 e. The van der Waals surface area contributed by atoms with E-state index in [1.807, 2.05) is 0 Å². The van der Waals surface area contributed by atoms with Gasteiger partial charge in [0.05, 0.1) is 6.61 Å². The maximum absolute atomic E-state index is 14.1. The van der Waals surface area contributed by atoms with Crippen molar-refractivity contribution in [3.8, 4) is 0 Å². The van der Waals surface area contributed by atoms with E-state index in [2.05, 4.69) is 6.92 Å². The Kier molecular flexibility index (Phi) is 8.96. The van der Waals surface area contributed by atoms with Crippen LogP contribution in [-0.2, 0) is 17.8 Å². The highest BCUT2D eigenvalue weighted by Gasteiger charge is 2.30. The summed E-state index contributed by atoms with van der Waals surface area (Å²) in [5.41, 5.74) is 0.827. The van der Waals surface area contributed by atoms with Crippen LogP contribution in [0.1, 0.15) is 95.1 Å². The third kappa shape index (κ3) is 6.51. The van der Waals surface area contributed by atoms with Gasteiger partial charge < -0.3 is 4.74 Å². The SMILES string of the molecule is CCCCC1CCC(C2CCC(CCc3cc(F)c(COC)c(F)c3)CC2)CC1. The minimum atomic E-state index is -0.472. The first-order chi connectivity index (χ1) is 14.1. The lowest BCUT2D eigenvalue weighted by atomic mass is 9.68. The Morgan fingerprint density at radius 2 is 1.34 bits per heavy atom. The molecule has 0 aliphatic heterocycles. The summed E-state index contributed by atoms with van der Waals surface area (Å²) in [5.74, 6) is 2.67. The molecule has 3 heteroatoms. The van der Waals surface area contributed by atoms with Gasteiger partial charge >= 0.3 is 0 Å². The molecule has 2 aliphatic rings. The lowest BCUT2D eigenvalue weighted by Gasteiger charge is -2.38. The third-order valence-electron chi connectivity index (χ3n) is 7.75. The second kappa shape index (κ2) is 11.4. The first-order valence-electron chi connectivity index (χ1n) is 12.1. The number of hydrogen-bond donors (Lipinski definition) is 0.